The number of aliphatic hydroxyl groups is 1. The number of rotatable bonds is 8. The highest BCUT2D eigenvalue weighted by Gasteiger charge is 2.20. The van der Waals surface area contributed by atoms with Gasteiger partial charge in [-0.2, -0.15) is 0 Å². The molecule has 0 amide bonds. The van der Waals surface area contributed by atoms with Gasteiger partial charge in [0.05, 0.1) is 19.3 Å². The summed E-state index contributed by atoms with van der Waals surface area (Å²) in [4.78, 5) is 4.72. The van der Waals surface area contributed by atoms with Crippen LogP contribution in [0.4, 0.5) is 0 Å². The van der Waals surface area contributed by atoms with Gasteiger partial charge in [-0.05, 0) is 29.3 Å². The number of hydrogen-bond acceptors (Lipinski definition) is 6. The summed E-state index contributed by atoms with van der Waals surface area (Å²) in [6.07, 6.45) is -0.502. The molecule has 1 unspecified atom stereocenters. The average molecular weight is 419 g/mol. The Kier molecular flexibility index (Phi) is 6.90. The van der Waals surface area contributed by atoms with Gasteiger partial charge in [-0.1, -0.05) is 35.9 Å². The van der Waals surface area contributed by atoms with Crippen molar-refractivity contribution in [1.29, 1.82) is 0 Å². The van der Waals surface area contributed by atoms with E-state index < -0.39 is 6.10 Å². The number of benzene rings is 2. The van der Waals surface area contributed by atoms with E-state index in [-0.39, 0.29) is 0 Å². The van der Waals surface area contributed by atoms with E-state index in [1.165, 1.54) is 5.56 Å². The van der Waals surface area contributed by atoms with Crippen LogP contribution in [0.15, 0.2) is 42.5 Å². The van der Waals surface area contributed by atoms with E-state index in [0.29, 0.717) is 31.6 Å². The number of ether oxygens (including phenoxy) is 3. The second kappa shape index (κ2) is 9.78. The molecule has 0 saturated carbocycles. The highest BCUT2D eigenvalue weighted by molar-refractivity contribution is 6.31. The van der Waals surface area contributed by atoms with Gasteiger partial charge in [0, 0.05) is 44.3 Å². The summed E-state index contributed by atoms with van der Waals surface area (Å²) in [6.45, 7) is 6.38. The first-order chi connectivity index (χ1) is 14.2. The lowest BCUT2D eigenvalue weighted by Gasteiger charge is -2.35. The Labute approximate surface area is 176 Å². The summed E-state index contributed by atoms with van der Waals surface area (Å²) < 4.78 is 16.5. The number of halogens is 1. The van der Waals surface area contributed by atoms with Crippen molar-refractivity contribution in [2.45, 2.75) is 19.3 Å². The van der Waals surface area contributed by atoms with Crippen LogP contribution in [0.5, 0.6) is 11.5 Å². The lowest BCUT2D eigenvalue weighted by Crippen LogP contribution is -2.48. The fourth-order valence-corrected chi connectivity index (χ4v) is 3.89. The van der Waals surface area contributed by atoms with Crippen LogP contribution in [0.25, 0.3) is 0 Å². The van der Waals surface area contributed by atoms with Crippen LogP contribution >= 0.6 is 11.6 Å². The van der Waals surface area contributed by atoms with Gasteiger partial charge in [-0.15, -0.1) is 0 Å². The maximum absolute atomic E-state index is 10.3. The molecule has 2 aromatic carbocycles. The number of β-amino-alcohol motifs (C(OH)–C–C–N with tert-alkyl or cyclic N) is 1. The standard InChI is InChI=1S/C22H27ClN2O4/c23-20-4-2-1-3-18(20)14-27-15-19(26)13-25-9-7-24(8-10-25)12-17-5-6-21-22(11-17)29-16-28-21/h1-6,11,19,26H,7-10,12-16H2. The van der Waals surface area contributed by atoms with Gasteiger partial charge in [0.2, 0.25) is 6.79 Å². The summed E-state index contributed by atoms with van der Waals surface area (Å²) in [5.74, 6) is 1.66. The Balaban J connectivity index is 1.15. The maximum Gasteiger partial charge on any atom is 0.231 e. The van der Waals surface area contributed by atoms with Crippen LogP contribution in [-0.4, -0.2) is 67.1 Å². The van der Waals surface area contributed by atoms with Gasteiger partial charge in [0.15, 0.2) is 11.5 Å². The van der Waals surface area contributed by atoms with Crippen molar-refractivity contribution in [1.82, 2.24) is 9.80 Å². The molecule has 0 spiro atoms. The first kappa shape index (κ1) is 20.4. The molecule has 1 fully saturated rings. The van der Waals surface area contributed by atoms with Crippen molar-refractivity contribution in [3.63, 3.8) is 0 Å². The zero-order valence-corrected chi connectivity index (χ0v) is 17.2. The van der Waals surface area contributed by atoms with Crippen LogP contribution < -0.4 is 9.47 Å². The first-order valence-electron chi connectivity index (χ1n) is 10.00. The van der Waals surface area contributed by atoms with Crippen LogP contribution in [0.1, 0.15) is 11.1 Å². The third-order valence-electron chi connectivity index (χ3n) is 5.30. The molecule has 0 bridgehead atoms. The molecule has 2 heterocycles. The largest absolute Gasteiger partial charge is 0.454 e. The van der Waals surface area contributed by atoms with Gasteiger partial charge in [0.25, 0.3) is 0 Å². The summed E-state index contributed by atoms with van der Waals surface area (Å²) in [5, 5.41) is 11.0. The van der Waals surface area contributed by atoms with Gasteiger partial charge in [-0.3, -0.25) is 9.80 Å². The normalized spacial score (nSPS) is 18.1. The zero-order valence-electron chi connectivity index (χ0n) is 16.4. The molecule has 0 aromatic heterocycles. The van der Waals surface area contributed by atoms with Crippen molar-refractivity contribution in [3.8, 4) is 11.5 Å². The van der Waals surface area contributed by atoms with Crippen molar-refractivity contribution < 1.29 is 19.3 Å². The summed E-state index contributed by atoms with van der Waals surface area (Å²) in [7, 11) is 0. The minimum absolute atomic E-state index is 0.307. The Morgan fingerprint density at radius 3 is 2.59 bits per heavy atom. The van der Waals surface area contributed by atoms with E-state index in [1.54, 1.807) is 0 Å². The maximum atomic E-state index is 10.3. The second-order valence-electron chi connectivity index (χ2n) is 7.52. The van der Waals surface area contributed by atoms with Gasteiger partial charge in [0.1, 0.15) is 0 Å². The molecule has 2 aliphatic rings. The van der Waals surface area contributed by atoms with Crippen LogP contribution in [0, 0.1) is 0 Å². The molecule has 7 heteroatoms. The SMILES string of the molecule is OC(COCc1ccccc1Cl)CN1CCN(Cc2ccc3c(c2)OCO3)CC1. The van der Waals surface area contributed by atoms with Crippen LogP contribution in [0.3, 0.4) is 0 Å². The molecule has 2 aromatic rings. The van der Waals surface area contributed by atoms with E-state index in [1.807, 2.05) is 30.3 Å². The highest BCUT2D eigenvalue weighted by Crippen LogP contribution is 2.32. The second-order valence-corrected chi connectivity index (χ2v) is 7.93. The van der Waals surface area contributed by atoms with Crippen molar-refractivity contribution in [2.75, 3.05) is 46.1 Å². The Morgan fingerprint density at radius 1 is 1.00 bits per heavy atom. The fourth-order valence-electron chi connectivity index (χ4n) is 3.70. The molecule has 1 saturated heterocycles. The predicted octanol–water partition coefficient (Wildman–Crippen LogP) is 2.76. The third-order valence-corrected chi connectivity index (χ3v) is 5.67. The number of nitrogens with zero attached hydrogens (tertiary/aromatic N) is 2. The summed E-state index contributed by atoms with van der Waals surface area (Å²) >= 11 is 6.13. The van der Waals surface area contributed by atoms with E-state index in [4.69, 9.17) is 25.8 Å². The molecular weight excluding hydrogens is 392 g/mol. The smallest absolute Gasteiger partial charge is 0.231 e. The predicted molar refractivity (Wildman–Crippen MR) is 111 cm³/mol. The minimum Gasteiger partial charge on any atom is -0.454 e. The molecule has 2 aliphatic heterocycles. The topological polar surface area (TPSA) is 54.4 Å². The lowest BCUT2D eigenvalue weighted by molar-refractivity contribution is 0.000891. The van der Waals surface area contributed by atoms with E-state index >= 15 is 0 Å². The van der Waals surface area contributed by atoms with Crippen molar-refractivity contribution in [3.05, 3.63) is 58.6 Å². The fraction of sp³-hybridized carbons (Fsp3) is 0.455. The molecule has 156 valence electrons. The van der Waals surface area contributed by atoms with Crippen molar-refractivity contribution in [2.24, 2.45) is 0 Å². The molecule has 0 aliphatic carbocycles. The third kappa shape index (κ3) is 5.62. The Bertz CT molecular complexity index is 811. The Hall–Kier alpha value is -1.83. The highest BCUT2D eigenvalue weighted by atomic mass is 35.5. The number of hydrogen-bond donors (Lipinski definition) is 1. The molecule has 0 radical (unpaired) electrons. The lowest BCUT2D eigenvalue weighted by atomic mass is 10.1. The van der Waals surface area contributed by atoms with Crippen LogP contribution in [-0.2, 0) is 17.9 Å². The van der Waals surface area contributed by atoms with Gasteiger partial charge >= 0.3 is 0 Å². The van der Waals surface area contributed by atoms with Gasteiger partial charge in [-0.25, -0.2) is 0 Å². The monoisotopic (exact) mass is 418 g/mol. The van der Waals surface area contributed by atoms with E-state index in [0.717, 1.165) is 49.8 Å². The van der Waals surface area contributed by atoms with E-state index in [9.17, 15) is 5.11 Å². The van der Waals surface area contributed by atoms with Gasteiger partial charge < -0.3 is 19.3 Å². The van der Waals surface area contributed by atoms with Crippen LogP contribution in [0.2, 0.25) is 5.02 Å². The number of aliphatic hydroxyl groups excluding tert-OH is 1. The quantitative estimate of drug-likeness (QED) is 0.711. The number of fused-ring (bicyclic) bond motifs is 1. The molecular formula is C22H27ClN2O4. The summed E-state index contributed by atoms with van der Waals surface area (Å²) in [6, 6.07) is 13.8. The van der Waals surface area contributed by atoms with Crippen molar-refractivity contribution >= 4 is 11.6 Å². The average Bonchev–Trinajstić information content (AvgIpc) is 3.19. The number of piperazine rings is 1. The Morgan fingerprint density at radius 2 is 1.76 bits per heavy atom. The summed E-state index contributed by atoms with van der Waals surface area (Å²) in [5.41, 5.74) is 2.18. The first-order valence-corrected chi connectivity index (χ1v) is 10.4. The molecule has 29 heavy (non-hydrogen) atoms. The molecule has 1 N–H and O–H groups in total. The minimum atomic E-state index is -0.502. The molecule has 1 atom stereocenters. The zero-order chi connectivity index (χ0) is 20.1. The van der Waals surface area contributed by atoms with E-state index in [2.05, 4.69) is 21.9 Å². The molecule has 4 rings (SSSR count). The molecule has 6 nitrogen and oxygen atoms in total.